The van der Waals surface area contributed by atoms with E-state index in [0.717, 1.165) is 34.7 Å². The third-order valence-electron chi connectivity index (χ3n) is 5.30. The fourth-order valence-electron chi connectivity index (χ4n) is 3.54. The highest BCUT2D eigenvalue weighted by atomic mass is 16.5. The van der Waals surface area contributed by atoms with Gasteiger partial charge in [0.1, 0.15) is 11.5 Å². The SMILES string of the molecule is CC[C@H](C)c1ccc(NC(=O)C2c3ccccc3Oc3ccccc32)cc1. The van der Waals surface area contributed by atoms with Crippen molar-refractivity contribution in [2.24, 2.45) is 0 Å². The van der Waals surface area contributed by atoms with Crippen LogP contribution in [-0.4, -0.2) is 5.91 Å². The topological polar surface area (TPSA) is 38.3 Å². The Labute approximate surface area is 160 Å². The lowest BCUT2D eigenvalue weighted by atomic mass is 9.87. The zero-order valence-corrected chi connectivity index (χ0v) is 15.6. The Bertz CT molecular complexity index is 917. The number of benzene rings is 3. The van der Waals surface area contributed by atoms with Gasteiger partial charge in [-0.15, -0.1) is 0 Å². The van der Waals surface area contributed by atoms with Crippen LogP contribution in [0.3, 0.4) is 0 Å². The number of ether oxygens (including phenoxy) is 1. The summed E-state index contributed by atoms with van der Waals surface area (Å²) in [7, 11) is 0. The van der Waals surface area contributed by atoms with Crippen LogP contribution >= 0.6 is 0 Å². The van der Waals surface area contributed by atoms with Crippen LogP contribution in [0.5, 0.6) is 11.5 Å². The standard InChI is InChI=1S/C24H23NO2/c1-3-16(2)17-12-14-18(15-13-17)25-24(26)23-19-8-4-6-10-21(19)27-22-11-7-5-9-20(22)23/h4-16,23H,3H2,1-2H3,(H,25,26)/t16-/m0/s1. The van der Waals surface area contributed by atoms with E-state index in [1.54, 1.807) is 0 Å². The highest BCUT2D eigenvalue weighted by molar-refractivity contribution is 5.99. The molecule has 1 aliphatic heterocycles. The molecule has 136 valence electrons. The Balaban J connectivity index is 1.64. The molecule has 1 N–H and O–H groups in total. The van der Waals surface area contributed by atoms with Gasteiger partial charge in [-0.05, 0) is 42.2 Å². The summed E-state index contributed by atoms with van der Waals surface area (Å²) in [5, 5.41) is 3.08. The number of carbonyl (C=O) groups is 1. The molecular weight excluding hydrogens is 334 g/mol. The van der Waals surface area contributed by atoms with Crippen molar-refractivity contribution in [1.82, 2.24) is 0 Å². The predicted octanol–water partition coefficient (Wildman–Crippen LogP) is 6.08. The second kappa shape index (κ2) is 7.28. The van der Waals surface area contributed by atoms with Gasteiger partial charge in [0, 0.05) is 16.8 Å². The van der Waals surface area contributed by atoms with Gasteiger partial charge < -0.3 is 10.1 Å². The minimum Gasteiger partial charge on any atom is -0.457 e. The number of fused-ring (bicyclic) bond motifs is 2. The van der Waals surface area contributed by atoms with Crippen molar-refractivity contribution in [2.45, 2.75) is 32.1 Å². The van der Waals surface area contributed by atoms with Crippen molar-refractivity contribution in [3.8, 4) is 11.5 Å². The van der Waals surface area contributed by atoms with Crippen LogP contribution in [0, 0.1) is 0 Å². The van der Waals surface area contributed by atoms with Gasteiger partial charge >= 0.3 is 0 Å². The molecule has 0 aromatic heterocycles. The van der Waals surface area contributed by atoms with E-state index in [-0.39, 0.29) is 11.8 Å². The Morgan fingerprint density at radius 3 is 2.04 bits per heavy atom. The van der Waals surface area contributed by atoms with E-state index < -0.39 is 0 Å². The molecule has 0 saturated heterocycles. The lowest BCUT2D eigenvalue weighted by molar-refractivity contribution is -0.116. The minimum absolute atomic E-state index is 0.0468. The van der Waals surface area contributed by atoms with Gasteiger partial charge in [0.15, 0.2) is 0 Å². The molecule has 27 heavy (non-hydrogen) atoms. The van der Waals surface area contributed by atoms with E-state index >= 15 is 0 Å². The highest BCUT2D eigenvalue weighted by Gasteiger charge is 2.32. The lowest BCUT2D eigenvalue weighted by Gasteiger charge is -2.27. The van der Waals surface area contributed by atoms with Crippen LogP contribution in [0.15, 0.2) is 72.8 Å². The monoisotopic (exact) mass is 357 g/mol. The molecule has 0 spiro atoms. The molecule has 1 heterocycles. The number of hydrogen-bond acceptors (Lipinski definition) is 2. The molecule has 3 aromatic rings. The number of hydrogen-bond donors (Lipinski definition) is 1. The summed E-state index contributed by atoms with van der Waals surface area (Å²) in [6.07, 6.45) is 1.10. The van der Waals surface area contributed by atoms with Gasteiger partial charge in [-0.3, -0.25) is 4.79 Å². The van der Waals surface area contributed by atoms with E-state index in [9.17, 15) is 4.79 Å². The summed E-state index contributed by atoms with van der Waals surface area (Å²) in [6.45, 7) is 4.39. The largest absolute Gasteiger partial charge is 0.457 e. The minimum atomic E-state index is -0.389. The van der Waals surface area contributed by atoms with Gasteiger partial charge in [0.2, 0.25) is 5.91 Å². The van der Waals surface area contributed by atoms with Crippen LogP contribution in [-0.2, 0) is 4.79 Å². The van der Waals surface area contributed by atoms with Gasteiger partial charge in [0.25, 0.3) is 0 Å². The molecule has 0 bridgehead atoms. The van der Waals surface area contributed by atoms with Gasteiger partial charge in [-0.25, -0.2) is 0 Å². The summed E-state index contributed by atoms with van der Waals surface area (Å²) in [5.41, 5.74) is 3.89. The van der Waals surface area contributed by atoms with Crippen LogP contribution in [0.4, 0.5) is 5.69 Å². The number of amides is 1. The van der Waals surface area contributed by atoms with Crippen LogP contribution < -0.4 is 10.1 Å². The van der Waals surface area contributed by atoms with Crippen molar-refractivity contribution < 1.29 is 9.53 Å². The lowest BCUT2D eigenvalue weighted by Crippen LogP contribution is -2.25. The van der Waals surface area contributed by atoms with Crippen LogP contribution in [0.2, 0.25) is 0 Å². The molecule has 1 atom stereocenters. The van der Waals surface area contributed by atoms with Crippen molar-refractivity contribution in [1.29, 1.82) is 0 Å². The summed E-state index contributed by atoms with van der Waals surface area (Å²) in [6, 6.07) is 23.6. The quantitative estimate of drug-likeness (QED) is 0.615. The van der Waals surface area contributed by atoms with Gasteiger partial charge in [-0.1, -0.05) is 62.4 Å². The van der Waals surface area contributed by atoms with E-state index in [4.69, 9.17) is 4.74 Å². The Morgan fingerprint density at radius 1 is 0.926 bits per heavy atom. The van der Waals surface area contributed by atoms with E-state index in [2.05, 4.69) is 31.3 Å². The molecule has 0 unspecified atom stereocenters. The Morgan fingerprint density at radius 2 is 1.48 bits per heavy atom. The molecule has 4 rings (SSSR count). The van der Waals surface area contributed by atoms with E-state index in [1.807, 2.05) is 60.7 Å². The summed E-state index contributed by atoms with van der Waals surface area (Å²) in [4.78, 5) is 13.2. The molecule has 3 aromatic carbocycles. The van der Waals surface area contributed by atoms with Gasteiger partial charge in [-0.2, -0.15) is 0 Å². The molecule has 0 aliphatic carbocycles. The van der Waals surface area contributed by atoms with E-state index in [0.29, 0.717) is 5.92 Å². The Hall–Kier alpha value is -3.07. The fraction of sp³-hybridized carbons (Fsp3) is 0.208. The molecule has 3 heteroatoms. The molecule has 0 saturated carbocycles. The molecule has 3 nitrogen and oxygen atoms in total. The highest BCUT2D eigenvalue weighted by Crippen LogP contribution is 2.44. The fourth-order valence-corrected chi connectivity index (χ4v) is 3.54. The maximum absolute atomic E-state index is 13.2. The predicted molar refractivity (Wildman–Crippen MR) is 109 cm³/mol. The maximum atomic E-state index is 13.2. The summed E-state index contributed by atoms with van der Waals surface area (Å²) < 4.78 is 5.98. The van der Waals surface area contributed by atoms with Crippen LogP contribution in [0.25, 0.3) is 0 Å². The van der Waals surface area contributed by atoms with Gasteiger partial charge in [0.05, 0.1) is 5.92 Å². The third-order valence-corrected chi connectivity index (χ3v) is 5.30. The van der Waals surface area contributed by atoms with Crippen molar-refractivity contribution in [3.63, 3.8) is 0 Å². The number of carbonyl (C=O) groups excluding carboxylic acids is 1. The first-order valence-electron chi connectivity index (χ1n) is 9.44. The molecule has 1 aliphatic rings. The smallest absolute Gasteiger partial charge is 0.236 e. The van der Waals surface area contributed by atoms with Crippen molar-refractivity contribution in [3.05, 3.63) is 89.5 Å². The first kappa shape index (κ1) is 17.3. The van der Waals surface area contributed by atoms with Crippen molar-refractivity contribution >= 4 is 11.6 Å². The number of para-hydroxylation sites is 2. The average Bonchev–Trinajstić information content (AvgIpc) is 2.71. The molecule has 0 radical (unpaired) electrons. The molecule has 1 amide bonds. The maximum Gasteiger partial charge on any atom is 0.236 e. The second-order valence-corrected chi connectivity index (χ2v) is 7.03. The number of nitrogens with one attached hydrogen (secondary N) is 1. The summed E-state index contributed by atoms with van der Waals surface area (Å²) in [5.74, 6) is 1.56. The number of anilines is 1. The molecule has 0 fully saturated rings. The second-order valence-electron chi connectivity index (χ2n) is 7.03. The summed E-state index contributed by atoms with van der Waals surface area (Å²) >= 11 is 0. The molecular formula is C24H23NO2. The third kappa shape index (κ3) is 3.33. The van der Waals surface area contributed by atoms with Crippen molar-refractivity contribution in [2.75, 3.05) is 5.32 Å². The first-order chi connectivity index (χ1) is 13.2. The average molecular weight is 357 g/mol. The normalized spacial score (nSPS) is 13.9. The van der Waals surface area contributed by atoms with E-state index in [1.165, 1.54) is 5.56 Å². The zero-order valence-electron chi connectivity index (χ0n) is 15.6. The first-order valence-corrected chi connectivity index (χ1v) is 9.44. The van der Waals surface area contributed by atoms with Crippen LogP contribution in [0.1, 0.15) is 48.8 Å². The number of rotatable bonds is 4. The Kier molecular flexibility index (Phi) is 4.68. The zero-order chi connectivity index (χ0) is 18.8.